The number of nitrogens with one attached hydrogen (secondary N) is 1. The van der Waals surface area contributed by atoms with Crippen molar-refractivity contribution in [2.75, 3.05) is 12.6 Å². The van der Waals surface area contributed by atoms with Crippen LogP contribution in [0.5, 0.6) is 0 Å². The number of hydrogen-bond acceptors (Lipinski definition) is 10. The van der Waals surface area contributed by atoms with E-state index >= 15 is 0 Å². The number of methoxy groups -OCH3 is 1. The first-order chi connectivity index (χ1) is 13.5. The highest BCUT2D eigenvalue weighted by Crippen LogP contribution is 2.44. The van der Waals surface area contributed by atoms with Gasteiger partial charge in [0, 0.05) is 6.20 Å². The van der Waals surface area contributed by atoms with Crippen molar-refractivity contribution in [3.05, 3.63) is 58.1 Å². The molecule has 0 saturated carbocycles. The SMILES string of the molecule is COC(=O)c1cccc([C@H]2O[C@@H](n3ccc(NO)nc3=O)[C@@H]3OC(=O)O[C@@H]32)c1. The first-order valence-electron chi connectivity index (χ1n) is 8.22. The van der Waals surface area contributed by atoms with Crippen molar-refractivity contribution in [2.45, 2.75) is 24.5 Å². The van der Waals surface area contributed by atoms with E-state index in [9.17, 15) is 14.4 Å². The summed E-state index contributed by atoms with van der Waals surface area (Å²) in [5.74, 6) is -0.571. The molecule has 0 radical (unpaired) electrons. The van der Waals surface area contributed by atoms with Gasteiger partial charge in [0.15, 0.2) is 24.3 Å². The minimum Gasteiger partial charge on any atom is -0.465 e. The van der Waals surface area contributed by atoms with E-state index in [0.717, 1.165) is 4.57 Å². The molecule has 4 atom stereocenters. The van der Waals surface area contributed by atoms with Gasteiger partial charge in [0.25, 0.3) is 0 Å². The number of ether oxygens (including phenoxy) is 4. The fourth-order valence-electron chi connectivity index (χ4n) is 3.26. The van der Waals surface area contributed by atoms with Gasteiger partial charge in [-0.15, -0.1) is 0 Å². The first kappa shape index (κ1) is 17.9. The summed E-state index contributed by atoms with van der Waals surface area (Å²) in [5, 5.41) is 8.87. The monoisotopic (exact) mass is 389 g/mol. The average Bonchev–Trinajstić information content (AvgIpc) is 3.24. The molecule has 0 amide bonds. The second kappa shape index (κ2) is 6.94. The zero-order valence-electron chi connectivity index (χ0n) is 14.5. The predicted octanol–water partition coefficient (Wildman–Crippen LogP) is 1.01. The topological polar surface area (TPSA) is 138 Å². The fraction of sp³-hybridized carbons (Fsp3) is 0.294. The molecular weight excluding hydrogens is 374 g/mol. The highest BCUT2D eigenvalue weighted by Gasteiger charge is 2.55. The van der Waals surface area contributed by atoms with Gasteiger partial charge in [-0.3, -0.25) is 15.3 Å². The van der Waals surface area contributed by atoms with Crippen LogP contribution in [0.25, 0.3) is 0 Å². The summed E-state index contributed by atoms with van der Waals surface area (Å²) in [6, 6.07) is 7.82. The molecule has 2 fully saturated rings. The second-order valence-electron chi connectivity index (χ2n) is 6.09. The smallest absolute Gasteiger partial charge is 0.465 e. The van der Waals surface area contributed by atoms with E-state index in [1.54, 1.807) is 29.7 Å². The molecule has 4 rings (SSSR count). The van der Waals surface area contributed by atoms with Gasteiger partial charge >= 0.3 is 17.8 Å². The Hall–Kier alpha value is -3.44. The second-order valence-corrected chi connectivity index (χ2v) is 6.09. The molecule has 11 heteroatoms. The van der Waals surface area contributed by atoms with Crippen LogP contribution in [0.15, 0.2) is 41.3 Å². The number of rotatable bonds is 4. The molecule has 2 N–H and O–H groups in total. The Balaban J connectivity index is 1.70. The Labute approximate surface area is 157 Å². The van der Waals surface area contributed by atoms with Crippen LogP contribution in [0.3, 0.4) is 0 Å². The lowest BCUT2D eigenvalue weighted by molar-refractivity contribution is -0.0597. The minimum absolute atomic E-state index is 0.0437. The molecule has 2 aliphatic rings. The van der Waals surface area contributed by atoms with E-state index in [4.69, 9.17) is 24.2 Å². The largest absolute Gasteiger partial charge is 0.509 e. The number of esters is 1. The average molecular weight is 389 g/mol. The fourth-order valence-corrected chi connectivity index (χ4v) is 3.26. The number of anilines is 1. The van der Waals surface area contributed by atoms with Crippen molar-refractivity contribution in [1.29, 1.82) is 0 Å². The van der Waals surface area contributed by atoms with Crippen molar-refractivity contribution in [3.8, 4) is 0 Å². The van der Waals surface area contributed by atoms with Crippen molar-refractivity contribution in [2.24, 2.45) is 0 Å². The van der Waals surface area contributed by atoms with E-state index in [1.807, 2.05) is 0 Å². The number of nitrogens with zero attached hydrogens (tertiary/aromatic N) is 2. The van der Waals surface area contributed by atoms with Gasteiger partial charge in [-0.1, -0.05) is 12.1 Å². The number of benzene rings is 1. The van der Waals surface area contributed by atoms with E-state index < -0.39 is 42.4 Å². The van der Waals surface area contributed by atoms with Crippen molar-refractivity contribution >= 4 is 17.9 Å². The van der Waals surface area contributed by atoms with Crippen LogP contribution in [-0.4, -0.2) is 46.2 Å². The molecule has 1 aromatic heterocycles. The molecule has 0 spiro atoms. The van der Waals surface area contributed by atoms with Crippen molar-refractivity contribution in [1.82, 2.24) is 9.55 Å². The summed E-state index contributed by atoms with van der Waals surface area (Å²) in [4.78, 5) is 39.4. The molecule has 2 saturated heterocycles. The molecule has 0 aliphatic carbocycles. The molecule has 0 unspecified atom stereocenters. The minimum atomic E-state index is -1.00. The van der Waals surface area contributed by atoms with Crippen molar-refractivity contribution in [3.63, 3.8) is 0 Å². The van der Waals surface area contributed by atoms with Gasteiger partial charge < -0.3 is 18.9 Å². The molecule has 3 heterocycles. The molecule has 2 aromatic rings. The third-order valence-electron chi connectivity index (χ3n) is 4.51. The van der Waals surface area contributed by atoms with Gasteiger partial charge in [-0.2, -0.15) is 4.98 Å². The van der Waals surface area contributed by atoms with Gasteiger partial charge in [0.1, 0.15) is 6.10 Å². The van der Waals surface area contributed by atoms with Gasteiger partial charge in [-0.25, -0.2) is 14.4 Å². The maximum Gasteiger partial charge on any atom is 0.509 e. The molecule has 0 bridgehead atoms. The maximum absolute atomic E-state index is 12.3. The highest BCUT2D eigenvalue weighted by atomic mass is 16.8. The third kappa shape index (κ3) is 2.96. The van der Waals surface area contributed by atoms with Crippen LogP contribution in [-0.2, 0) is 18.9 Å². The summed E-state index contributed by atoms with van der Waals surface area (Å²) >= 11 is 0. The maximum atomic E-state index is 12.3. The molecule has 11 nitrogen and oxygen atoms in total. The molecule has 2 aliphatic heterocycles. The Kier molecular flexibility index (Phi) is 4.45. The van der Waals surface area contributed by atoms with Crippen LogP contribution in [0.4, 0.5) is 10.6 Å². The molecule has 146 valence electrons. The predicted molar refractivity (Wildman–Crippen MR) is 89.7 cm³/mol. The number of aromatic nitrogens is 2. The molecule has 28 heavy (non-hydrogen) atoms. The van der Waals surface area contributed by atoms with Crippen LogP contribution < -0.4 is 11.2 Å². The van der Waals surface area contributed by atoms with E-state index in [1.165, 1.54) is 19.4 Å². The number of hydrogen-bond donors (Lipinski definition) is 2. The lowest BCUT2D eigenvalue weighted by Crippen LogP contribution is -2.34. The van der Waals surface area contributed by atoms with Crippen LogP contribution in [0.2, 0.25) is 0 Å². The normalized spacial score (nSPS) is 25.6. The summed E-state index contributed by atoms with van der Waals surface area (Å²) in [7, 11) is 1.27. The van der Waals surface area contributed by atoms with Crippen molar-refractivity contribution < 1.29 is 33.7 Å². The lowest BCUT2D eigenvalue weighted by atomic mass is 10.0. The Bertz CT molecular complexity index is 990. The summed E-state index contributed by atoms with van der Waals surface area (Å²) in [5.41, 5.74) is 1.90. The van der Waals surface area contributed by atoms with Gasteiger partial charge in [0.05, 0.1) is 12.7 Å². The third-order valence-corrected chi connectivity index (χ3v) is 4.51. The highest BCUT2D eigenvalue weighted by molar-refractivity contribution is 5.89. The molecular formula is C17H15N3O8. The number of carbonyl (C=O) groups excluding carboxylic acids is 2. The van der Waals surface area contributed by atoms with Gasteiger partial charge in [0.2, 0.25) is 0 Å². The Morgan fingerprint density at radius 2 is 2.04 bits per heavy atom. The van der Waals surface area contributed by atoms with Crippen LogP contribution in [0.1, 0.15) is 28.3 Å². The van der Waals surface area contributed by atoms with E-state index in [0.29, 0.717) is 11.1 Å². The van der Waals surface area contributed by atoms with Crippen LogP contribution in [0, 0.1) is 0 Å². The summed E-state index contributed by atoms with van der Waals surface area (Å²) in [6.45, 7) is 0. The van der Waals surface area contributed by atoms with Crippen LogP contribution >= 0.6 is 0 Å². The van der Waals surface area contributed by atoms with Gasteiger partial charge in [-0.05, 0) is 23.8 Å². The van der Waals surface area contributed by atoms with E-state index in [2.05, 4.69) is 4.98 Å². The number of fused-ring (bicyclic) bond motifs is 1. The number of carbonyl (C=O) groups is 2. The quantitative estimate of drug-likeness (QED) is 0.575. The Morgan fingerprint density at radius 1 is 1.25 bits per heavy atom. The summed E-state index contributed by atoms with van der Waals surface area (Å²) < 4.78 is 22.2. The summed E-state index contributed by atoms with van der Waals surface area (Å²) in [6.07, 6.45) is -3.05. The van der Waals surface area contributed by atoms with E-state index in [-0.39, 0.29) is 5.82 Å². The first-order valence-corrected chi connectivity index (χ1v) is 8.22. The lowest BCUT2D eigenvalue weighted by Gasteiger charge is -2.18. The molecule has 1 aromatic carbocycles. The Morgan fingerprint density at radius 3 is 2.75 bits per heavy atom. The standard InChI is InChI=1S/C17H15N3O8/c1-25-15(21)9-4-2-3-8(7-9)11-12-13(28-17(23)27-12)14(26-11)20-6-5-10(19-24)18-16(20)22/h2-7,11-14,24H,1H3,(H,18,19,22)/t11-,12-,13-,14-/m1/s1. The zero-order chi connectivity index (χ0) is 19.8. The zero-order valence-corrected chi connectivity index (χ0v) is 14.5.